The number of aliphatic hydroxyl groups excluding tert-OH is 1. The van der Waals surface area contributed by atoms with Gasteiger partial charge in [0.15, 0.2) is 0 Å². The van der Waals surface area contributed by atoms with Crippen molar-refractivity contribution in [1.82, 2.24) is 15.0 Å². The predicted molar refractivity (Wildman–Crippen MR) is 141 cm³/mol. The van der Waals surface area contributed by atoms with Gasteiger partial charge in [0, 0.05) is 19.2 Å². The molecule has 0 radical (unpaired) electrons. The highest BCUT2D eigenvalue weighted by atomic mass is 32.2. The Kier molecular flexibility index (Phi) is 10.5. The zero-order chi connectivity index (χ0) is 25.4. The number of carbonyl (C=O) groups is 1. The van der Waals surface area contributed by atoms with Gasteiger partial charge in [-0.25, -0.2) is 8.78 Å². The van der Waals surface area contributed by atoms with Gasteiger partial charge < -0.3 is 15.7 Å². The highest BCUT2D eigenvalue weighted by Gasteiger charge is 2.27. The lowest BCUT2D eigenvalue weighted by Crippen LogP contribution is -2.48. The molecule has 0 aliphatic rings. The smallest absolute Gasteiger partial charge is 0.256 e. The molecule has 1 aromatic heterocycles. The van der Waals surface area contributed by atoms with Gasteiger partial charge in [0.25, 0.3) is 5.91 Å². The number of nitrogens with one attached hydrogen (secondary N) is 2. The first kappa shape index (κ1) is 27.6. The number of nitrogens with zero attached hydrogens (tertiary/aromatic N) is 1. The maximum Gasteiger partial charge on any atom is 0.256 e. The molecule has 0 spiro atoms. The van der Waals surface area contributed by atoms with Crippen LogP contribution in [-0.4, -0.2) is 46.6 Å². The van der Waals surface area contributed by atoms with Gasteiger partial charge in [-0.05, 0) is 65.7 Å². The summed E-state index contributed by atoms with van der Waals surface area (Å²) in [7, 11) is 0. The van der Waals surface area contributed by atoms with Crippen molar-refractivity contribution in [2.24, 2.45) is 0 Å². The van der Waals surface area contributed by atoms with Gasteiger partial charge >= 0.3 is 0 Å². The van der Waals surface area contributed by atoms with Crippen molar-refractivity contribution in [2.45, 2.75) is 47.7 Å². The summed E-state index contributed by atoms with van der Waals surface area (Å²) in [4.78, 5) is 13.2. The van der Waals surface area contributed by atoms with E-state index in [1.807, 2.05) is 24.6 Å². The van der Waals surface area contributed by atoms with E-state index in [1.165, 1.54) is 52.8 Å². The van der Waals surface area contributed by atoms with Gasteiger partial charge in [0.2, 0.25) is 0 Å². The van der Waals surface area contributed by atoms with Gasteiger partial charge in [-0.1, -0.05) is 31.2 Å². The minimum absolute atomic E-state index is 0.0648. The first-order chi connectivity index (χ1) is 16.8. The van der Waals surface area contributed by atoms with Crippen LogP contribution < -0.4 is 10.6 Å². The van der Waals surface area contributed by atoms with Gasteiger partial charge in [-0.2, -0.15) is 4.37 Å². The van der Waals surface area contributed by atoms with Crippen LogP contribution in [0, 0.1) is 11.6 Å². The number of carbonyl (C=O) groups excluding carboxylic acids is 1. The van der Waals surface area contributed by atoms with Crippen LogP contribution in [0.1, 0.15) is 34.0 Å². The van der Waals surface area contributed by atoms with Crippen LogP contribution in [0.15, 0.2) is 51.7 Å². The van der Waals surface area contributed by atoms with E-state index in [0.29, 0.717) is 22.7 Å². The maximum absolute atomic E-state index is 13.8. The lowest BCUT2D eigenvalue weighted by atomic mass is 10.00. The van der Waals surface area contributed by atoms with E-state index in [-0.39, 0.29) is 18.9 Å². The average molecular weight is 538 g/mol. The molecule has 10 heteroatoms. The van der Waals surface area contributed by atoms with E-state index in [1.54, 1.807) is 0 Å². The largest absolute Gasteiger partial charge is 0.390 e. The zero-order valence-electron chi connectivity index (χ0n) is 19.8. The number of hydrogen-bond donors (Lipinski definition) is 3. The quantitative estimate of drug-likeness (QED) is 0.285. The van der Waals surface area contributed by atoms with Crippen molar-refractivity contribution in [3.63, 3.8) is 0 Å². The van der Waals surface area contributed by atoms with E-state index >= 15 is 0 Å². The summed E-state index contributed by atoms with van der Waals surface area (Å²) in [5.41, 5.74) is 3.12. The summed E-state index contributed by atoms with van der Waals surface area (Å²) in [6.45, 7) is 2.82. The number of aliphatic hydroxyl groups is 1. The predicted octanol–water partition coefficient (Wildman–Crippen LogP) is 4.92. The number of amides is 1. The molecule has 2 aromatic carbocycles. The Hall–Kier alpha value is -1.98. The van der Waals surface area contributed by atoms with E-state index in [4.69, 9.17) is 0 Å². The Labute approximate surface area is 217 Å². The molecule has 188 valence electrons. The fourth-order valence-corrected chi connectivity index (χ4v) is 5.98. The van der Waals surface area contributed by atoms with E-state index in [9.17, 15) is 18.7 Å². The van der Waals surface area contributed by atoms with Crippen LogP contribution in [0.5, 0.6) is 0 Å². The number of benzene rings is 2. The number of hydrogen-bond acceptors (Lipinski definition) is 7. The molecule has 0 saturated carbocycles. The second-order valence-corrected chi connectivity index (χ2v) is 10.6. The Morgan fingerprint density at radius 2 is 1.80 bits per heavy atom. The fraction of sp³-hybridized carbons (Fsp3) is 0.360. The standard InChI is InChI=1S/C25H29F2N3O2S3/c1-4-15-6-5-7-16(8-15)13-28-14-21(31)20(11-17-9-18(26)12-19(27)10-17)29-23(32)22-24(33-2)30-35-25(22)34-3/h5-10,12,20-21,28,31H,4,11,13-14H2,1-3H3,(H,29,32)/t20-,21+/m0/s1. The van der Waals surface area contributed by atoms with Crippen LogP contribution in [0.4, 0.5) is 8.78 Å². The molecule has 1 heterocycles. The average Bonchev–Trinajstić information content (AvgIpc) is 3.26. The Morgan fingerprint density at radius 3 is 2.46 bits per heavy atom. The lowest BCUT2D eigenvalue weighted by Gasteiger charge is -2.25. The lowest BCUT2D eigenvalue weighted by molar-refractivity contribution is 0.0825. The van der Waals surface area contributed by atoms with Crippen LogP contribution in [0.25, 0.3) is 0 Å². The summed E-state index contributed by atoms with van der Waals surface area (Å²) in [6.07, 6.45) is 3.71. The van der Waals surface area contributed by atoms with Gasteiger partial charge in [0.05, 0.1) is 21.9 Å². The van der Waals surface area contributed by atoms with Crippen molar-refractivity contribution in [1.29, 1.82) is 0 Å². The first-order valence-corrected chi connectivity index (χ1v) is 14.4. The summed E-state index contributed by atoms with van der Waals surface area (Å²) >= 11 is 4.04. The molecular formula is C25H29F2N3O2S3. The Morgan fingerprint density at radius 1 is 1.09 bits per heavy atom. The second-order valence-electron chi connectivity index (χ2n) is 7.99. The van der Waals surface area contributed by atoms with Crippen molar-refractivity contribution < 1.29 is 18.7 Å². The molecule has 0 aliphatic heterocycles. The normalized spacial score (nSPS) is 13.0. The Balaban J connectivity index is 1.76. The van der Waals surface area contributed by atoms with E-state index in [0.717, 1.165) is 22.3 Å². The molecule has 3 rings (SSSR count). The van der Waals surface area contributed by atoms with Crippen molar-refractivity contribution in [3.8, 4) is 0 Å². The molecule has 5 nitrogen and oxygen atoms in total. The summed E-state index contributed by atoms with van der Waals surface area (Å²) < 4.78 is 32.7. The third-order valence-electron chi connectivity index (χ3n) is 5.48. The molecule has 2 atom stereocenters. The monoisotopic (exact) mass is 537 g/mol. The van der Waals surface area contributed by atoms with Crippen molar-refractivity contribution in [2.75, 3.05) is 19.1 Å². The minimum atomic E-state index is -0.998. The van der Waals surface area contributed by atoms with Crippen LogP contribution >= 0.6 is 35.1 Å². The SMILES string of the molecule is CCc1cccc(CNC[C@@H](O)[C@H](Cc2cc(F)cc(F)c2)NC(=O)c2c(SC)nsc2SC)c1. The van der Waals surface area contributed by atoms with Crippen molar-refractivity contribution in [3.05, 3.63) is 76.4 Å². The van der Waals surface area contributed by atoms with Gasteiger partial charge in [-0.15, -0.1) is 23.5 Å². The molecule has 0 fully saturated rings. The molecule has 3 N–H and O–H groups in total. The minimum Gasteiger partial charge on any atom is -0.390 e. The zero-order valence-corrected chi connectivity index (χ0v) is 22.3. The maximum atomic E-state index is 13.8. The number of aryl methyl sites for hydroxylation is 1. The number of aromatic nitrogens is 1. The van der Waals surface area contributed by atoms with Crippen LogP contribution in [0.3, 0.4) is 0 Å². The molecule has 3 aromatic rings. The van der Waals surface area contributed by atoms with Crippen LogP contribution in [-0.2, 0) is 19.4 Å². The summed E-state index contributed by atoms with van der Waals surface area (Å²) in [5.74, 6) is -1.78. The summed E-state index contributed by atoms with van der Waals surface area (Å²) in [6, 6.07) is 10.6. The number of rotatable bonds is 12. The highest BCUT2D eigenvalue weighted by molar-refractivity contribution is 8.01. The topological polar surface area (TPSA) is 74.2 Å². The molecule has 1 amide bonds. The van der Waals surface area contributed by atoms with E-state index in [2.05, 4.69) is 34.1 Å². The van der Waals surface area contributed by atoms with Crippen LogP contribution in [0.2, 0.25) is 0 Å². The number of thioether (sulfide) groups is 2. The molecule has 0 saturated heterocycles. The second kappa shape index (κ2) is 13.4. The van der Waals surface area contributed by atoms with E-state index < -0.39 is 23.8 Å². The third-order valence-corrected chi connectivity index (χ3v) is 8.22. The number of halogens is 2. The summed E-state index contributed by atoms with van der Waals surface area (Å²) in [5, 5.41) is 17.7. The first-order valence-electron chi connectivity index (χ1n) is 11.1. The fourth-order valence-electron chi connectivity index (χ4n) is 3.70. The van der Waals surface area contributed by atoms with Gasteiger partial charge in [0.1, 0.15) is 16.7 Å². The molecular weight excluding hydrogens is 508 g/mol. The Bertz CT molecular complexity index is 1100. The molecule has 0 aliphatic carbocycles. The molecule has 0 unspecified atom stereocenters. The van der Waals surface area contributed by atoms with Gasteiger partial charge in [-0.3, -0.25) is 4.79 Å². The molecule has 0 bridgehead atoms. The third kappa shape index (κ3) is 7.75. The highest BCUT2D eigenvalue weighted by Crippen LogP contribution is 2.32. The molecule has 35 heavy (non-hydrogen) atoms. The van der Waals surface area contributed by atoms with Crippen molar-refractivity contribution >= 4 is 41.0 Å².